The molecule has 0 atom stereocenters. The molecule has 2 aromatic rings. The van der Waals surface area contributed by atoms with Crippen molar-refractivity contribution in [1.29, 1.82) is 0 Å². The standard InChI is InChI=1S/C11H10F3N5O.C2H6/c12-11(13,14)6-20-10-2-1-7(3-18-10)8-4-17-9(19-15)5-16-8;1-2/h1-5H,6,15H2,(H,17,19);1-2H3. The molecule has 0 aliphatic rings. The Labute approximate surface area is 125 Å². The molecule has 0 aromatic carbocycles. The summed E-state index contributed by atoms with van der Waals surface area (Å²) in [5.74, 6) is 5.44. The van der Waals surface area contributed by atoms with E-state index in [1.54, 1.807) is 0 Å². The number of pyridine rings is 1. The first-order valence-corrected chi connectivity index (χ1v) is 6.42. The van der Waals surface area contributed by atoms with Gasteiger partial charge in [-0.3, -0.25) is 4.98 Å². The van der Waals surface area contributed by atoms with Gasteiger partial charge < -0.3 is 10.2 Å². The Bertz CT molecular complexity index is 557. The summed E-state index contributed by atoms with van der Waals surface area (Å²) in [6.07, 6.45) is -0.159. The average molecular weight is 315 g/mol. The van der Waals surface area contributed by atoms with Crippen LogP contribution in [0.5, 0.6) is 5.88 Å². The zero-order chi connectivity index (χ0) is 16.6. The summed E-state index contributed by atoms with van der Waals surface area (Å²) in [4.78, 5) is 11.8. The number of hydrogen-bond donors (Lipinski definition) is 2. The molecule has 2 rings (SSSR count). The second-order valence-corrected chi connectivity index (χ2v) is 3.72. The summed E-state index contributed by atoms with van der Waals surface area (Å²) in [6, 6.07) is 2.87. The van der Waals surface area contributed by atoms with Crippen molar-refractivity contribution in [3.8, 4) is 17.1 Å². The predicted molar refractivity (Wildman–Crippen MR) is 76.0 cm³/mol. The Morgan fingerprint density at radius 1 is 1.09 bits per heavy atom. The van der Waals surface area contributed by atoms with Gasteiger partial charge in [0.25, 0.3) is 0 Å². The number of nitrogens with one attached hydrogen (secondary N) is 1. The van der Waals surface area contributed by atoms with E-state index < -0.39 is 12.8 Å². The average Bonchev–Trinajstić information content (AvgIpc) is 2.55. The Morgan fingerprint density at radius 3 is 2.27 bits per heavy atom. The molecule has 9 heteroatoms. The molecule has 6 nitrogen and oxygen atoms in total. The zero-order valence-corrected chi connectivity index (χ0v) is 12.1. The number of nitrogen functional groups attached to an aromatic ring is 1. The minimum absolute atomic E-state index is 0.112. The van der Waals surface area contributed by atoms with Crippen molar-refractivity contribution in [2.45, 2.75) is 20.0 Å². The van der Waals surface area contributed by atoms with Crippen LogP contribution in [0, 0.1) is 0 Å². The van der Waals surface area contributed by atoms with Gasteiger partial charge in [0.05, 0.1) is 18.1 Å². The van der Waals surface area contributed by atoms with Crippen LogP contribution in [0.15, 0.2) is 30.7 Å². The van der Waals surface area contributed by atoms with Crippen molar-refractivity contribution >= 4 is 5.82 Å². The molecule has 0 aliphatic carbocycles. The van der Waals surface area contributed by atoms with Crippen molar-refractivity contribution < 1.29 is 17.9 Å². The van der Waals surface area contributed by atoms with Gasteiger partial charge in [-0.2, -0.15) is 13.2 Å². The van der Waals surface area contributed by atoms with Gasteiger partial charge >= 0.3 is 6.18 Å². The van der Waals surface area contributed by atoms with E-state index in [0.29, 0.717) is 17.1 Å². The van der Waals surface area contributed by atoms with Crippen molar-refractivity contribution in [2.24, 2.45) is 5.84 Å². The smallest absolute Gasteiger partial charge is 0.422 e. The van der Waals surface area contributed by atoms with E-state index in [0.717, 1.165) is 0 Å². The first kappa shape index (κ1) is 17.6. The van der Waals surface area contributed by atoms with Crippen LogP contribution >= 0.6 is 0 Å². The number of halogens is 3. The summed E-state index contributed by atoms with van der Waals surface area (Å²) >= 11 is 0. The molecule has 0 unspecified atom stereocenters. The second kappa shape index (κ2) is 8.13. The molecule has 0 radical (unpaired) electrons. The van der Waals surface area contributed by atoms with Crippen LogP contribution in [0.2, 0.25) is 0 Å². The van der Waals surface area contributed by atoms with Crippen molar-refractivity contribution in [1.82, 2.24) is 15.0 Å². The highest BCUT2D eigenvalue weighted by atomic mass is 19.4. The number of rotatable bonds is 4. The van der Waals surface area contributed by atoms with Crippen LogP contribution in [-0.4, -0.2) is 27.7 Å². The quantitative estimate of drug-likeness (QED) is 0.666. The van der Waals surface area contributed by atoms with Gasteiger partial charge in [0, 0.05) is 17.8 Å². The maximum absolute atomic E-state index is 12.0. The molecule has 120 valence electrons. The number of nitrogens with zero attached hydrogens (tertiary/aromatic N) is 3. The maximum Gasteiger partial charge on any atom is 0.422 e. The van der Waals surface area contributed by atoms with Crippen LogP contribution in [0.3, 0.4) is 0 Å². The van der Waals surface area contributed by atoms with E-state index >= 15 is 0 Å². The summed E-state index contributed by atoms with van der Waals surface area (Å²) in [7, 11) is 0. The number of hydrogen-bond acceptors (Lipinski definition) is 6. The molecule has 2 heterocycles. The fourth-order valence-electron chi connectivity index (χ4n) is 1.32. The van der Waals surface area contributed by atoms with Gasteiger partial charge in [-0.05, 0) is 6.07 Å². The van der Waals surface area contributed by atoms with Gasteiger partial charge in [-0.1, -0.05) is 13.8 Å². The summed E-state index contributed by atoms with van der Waals surface area (Å²) in [6.45, 7) is 2.62. The fraction of sp³-hybridized carbons (Fsp3) is 0.308. The van der Waals surface area contributed by atoms with Gasteiger partial charge in [0.1, 0.15) is 0 Å². The first-order valence-electron chi connectivity index (χ1n) is 6.42. The first-order chi connectivity index (χ1) is 10.5. The largest absolute Gasteiger partial charge is 0.468 e. The summed E-state index contributed by atoms with van der Waals surface area (Å²) in [5.41, 5.74) is 3.44. The van der Waals surface area contributed by atoms with E-state index in [4.69, 9.17) is 5.84 Å². The monoisotopic (exact) mass is 315 g/mol. The number of alkyl halides is 3. The normalized spacial score (nSPS) is 10.5. The molecule has 0 amide bonds. The lowest BCUT2D eigenvalue weighted by molar-refractivity contribution is -0.154. The van der Waals surface area contributed by atoms with E-state index in [1.807, 2.05) is 13.8 Å². The molecule has 0 spiro atoms. The van der Waals surface area contributed by atoms with Crippen molar-refractivity contribution in [3.05, 3.63) is 30.7 Å². The highest BCUT2D eigenvalue weighted by molar-refractivity contribution is 5.57. The molecule has 0 aliphatic heterocycles. The van der Waals surface area contributed by atoms with E-state index in [2.05, 4.69) is 25.1 Å². The topological polar surface area (TPSA) is 86.0 Å². The molecule has 0 fully saturated rings. The lowest BCUT2D eigenvalue weighted by Crippen LogP contribution is -2.19. The van der Waals surface area contributed by atoms with E-state index in [-0.39, 0.29) is 5.88 Å². The number of hydrazine groups is 1. The number of nitrogens with two attached hydrogens (primary N) is 1. The third-order valence-electron chi connectivity index (χ3n) is 2.22. The summed E-state index contributed by atoms with van der Waals surface area (Å²) in [5, 5.41) is 0. The molecule has 0 saturated heterocycles. The van der Waals surface area contributed by atoms with Crippen LogP contribution < -0.4 is 16.0 Å². The predicted octanol–water partition coefficient (Wildman–Crippen LogP) is 2.79. The Balaban J connectivity index is 0.00000116. The Hall–Kier alpha value is -2.42. The van der Waals surface area contributed by atoms with Gasteiger partial charge in [0.2, 0.25) is 5.88 Å². The molecule has 0 bridgehead atoms. The van der Waals surface area contributed by atoms with Crippen molar-refractivity contribution in [2.75, 3.05) is 12.0 Å². The fourth-order valence-corrected chi connectivity index (χ4v) is 1.32. The minimum atomic E-state index is -4.39. The highest BCUT2D eigenvalue weighted by Crippen LogP contribution is 2.20. The number of ether oxygens (including phenoxy) is 1. The SMILES string of the molecule is CC.NNc1cnc(-c2ccc(OCC(F)(F)F)nc2)cn1. The molecule has 3 N–H and O–H groups in total. The molecular weight excluding hydrogens is 299 g/mol. The van der Waals surface area contributed by atoms with E-state index in [1.165, 1.54) is 30.7 Å². The van der Waals surface area contributed by atoms with Crippen LogP contribution in [-0.2, 0) is 0 Å². The highest BCUT2D eigenvalue weighted by Gasteiger charge is 2.28. The molecule has 22 heavy (non-hydrogen) atoms. The van der Waals surface area contributed by atoms with Gasteiger partial charge in [-0.15, -0.1) is 0 Å². The molecule has 0 saturated carbocycles. The zero-order valence-electron chi connectivity index (χ0n) is 12.1. The molecule has 2 aromatic heterocycles. The van der Waals surface area contributed by atoms with Crippen LogP contribution in [0.4, 0.5) is 19.0 Å². The summed E-state index contributed by atoms with van der Waals surface area (Å²) < 4.78 is 40.4. The van der Waals surface area contributed by atoms with Gasteiger partial charge in [-0.25, -0.2) is 15.8 Å². The molecular formula is C13H16F3N5O. The second-order valence-electron chi connectivity index (χ2n) is 3.72. The van der Waals surface area contributed by atoms with E-state index in [9.17, 15) is 13.2 Å². The van der Waals surface area contributed by atoms with Crippen LogP contribution in [0.1, 0.15) is 13.8 Å². The third-order valence-corrected chi connectivity index (χ3v) is 2.22. The maximum atomic E-state index is 12.0. The Kier molecular flexibility index (Phi) is 6.51. The van der Waals surface area contributed by atoms with Gasteiger partial charge in [0.15, 0.2) is 12.4 Å². The lowest BCUT2D eigenvalue weighted by Gasteiger charge is -2.08. The minimum Gasteiger partial charge on any atom is -0.468 e. The van der Waals surface area contributed by atoms with Crippen molar-refractivity contribution in [3.63, 3.8) is 0 Å². The number of anilines is 1. The Morgan fingerprint density at radius 2 is 1.82 bits per heavy atom. The number of aromatic nitrogens is 3. The lowest BCUT2D eigenvalue weighted by atomic mass is 10.2. The van der Waals surface area contributed by atoms with Crippen LogP contribution in [0.25, 0.3) is 11.3 Å². The third kappa shape index (κ3) is 5.52.